The second-order valence-electron chi connectivity index (χ2n) is 5.84. The van der Waals surface area contributed by atoms with E-state index in [9.17, 15) is 0 Å². The zero-order valence-corrected chi connectivity index (χ0v) is 15.0. The van der Waals surface area contributed by atoms with Gasteiger partial charge in [-0.2, -0.15) is 0 Å². The summed E-state index contributed by atoms with van der Waals surface area (Å²) < 4.78 is 1.10. The molecule has 0 saturated heterocycles. The highest BCUT2D eigenvalue weighted by atomic mass is 79.9. The van der Waals surface area contributed by atoms with Gasteiger partial charge in [0.2, 0.25) is 0 Å². The molecule has 0 aliphatic heterocycles. The molecule has 0 nitrogen and oxygen atoms in total. The lowest BCUT2D eigenvalue weighted by atomic mass is 9.95. The Morgan fingerprint density at radius 2 is 1.09 bits per heavy atom. The van der Waals surface area contributed by atoms with Crippen molar-refractivity contribution in [1.82, 2.24) is 0 Å². The van der Waals surface area contributed by atoms with Gasteiger partial charge in [-0.25, -0.2) is 0 Å². The van der Waals surface area contributed by atoms with E-state index in [1.54, 1.807) is 0 Å². The van der Waals surface area contributed by atoms with Crippen molar-refractivity contribution in [1.29, 1.82) is 0 Å². The Bertz CT molecular complexity index is 760. The predicted octanol–water partition coefficient (Wildman–Crippen LogP) is 6.65. The summed E-state index contributed by atoms with van der Waals surface area (Å²) in [7, 11) is 0. The molecule has 0 atom stereocenters. The molecule has 0 aromatic heterocycles. The van der Waals surface area contributed by atoms with Crippen LogP contribution in [0.1, 0.15) is 27.8 Å². The summed E-state index contributed by atoms with van der Waals surface area (Å²) in [5.74, 6) is 0. The standard InChI is InChI=1S/C22H19Br/c1-16-3-7-18(8-4-16)15-22(19-9-5-17(2)6-10-19)20-11-13-21(23)14-12-20/h3-15H,1-2H3/b22-15-. The second-order valence-corrected chi connectivity index (χ2v) is 6.76. The van der Waals surface area contributed by atoms with Crippen LogP contribution in [0.5, 0.6) is 0 Å². The van der Waals surface area contributed by atoms with Crippen LogP contribution in [0.4, 0.5) is 0 Å². The van der Waals surface area contributed by atoms with E-state index in [0.717, 1.165) is 4.47 Å². The third kappa shape index (κ3) is 4.00. The van der Waals surface area contributed by atoms with Gasteiger partial charge in [0.25, 0.3) is 0 Å². The average Bonchev–Trinajstić information content (AvgIpc) is 2.56. The van der Waals surface area contributed by atoms with E-state index in [2.05, 4.69) is 109 Å². The molecule has 0 amide bonds. The van der Waals surface area contributed by atoms with Crippen LogP contribution in [-0.4, -0.2) is 0 Å². The lowest BCUT2D eigenvalue weighted by molar-refractivity contribution is 1.44. The van der Waals surface area contributed by atoms with E-state index in [-0.39, 0.29) is 0 Å². The topological polar surface area (TPSA) is 0 Å². The van der Waals surface area contributed by atoms with Gasteiger partial charge in [-0.1, -0.05) is 87.7 Å². The predicted molar refractivity (Wildman–Crippen MR) is 103 cm³/mol. The molecule has 23 heavy (non-hydrogen) atoms. The van der Waals surface area contributed by atoms with Gasteiger partial charge in [0.1, 0.15) is 0 Å². The Morgan fingerprint density at radius 1 is 0.652 bits per heavy atom. The third-order valence-corrected chi connectivity index (χ3v) is 4.43. The summed E-state index contributed by atoms with van der Waals surface area (Å²) in [4.78, 5) is 0. The van der Waals surface area contributed by atoms with Crippen molar-refractivity contribution in [2.24, 2.45) is 0 Å². The number of halogens is 1. The molecule has 3 rings (SSSR count). The van der Waals surface area contributed by atoms with E-state index >= 15 is 0 Å². The van der Waals surface area contributed by atoms with Gasteiger partial charge in [0.15, 0.2) is 0 Å². The molecule has 3 aromatic rings. The number of hydrogen-bond donors (Lipinski definition) is 0. The van der Waals surface area contributed by atoms with Crippen LogP contribution in [0.2, 0.25) is 0 Å². The zero-order valence-electron chi connectivity index (χ0n) is 13.4. The molecule has 0 aliphatic rings. The van der Waals surface area contributed by atoms with Crippen molar-refractivity contribution < 1.29 is 0 Å². The molecule has 0 saturated carbocycles. The lowest BCUT2D eigenvalue weighted by Crippen LogP contribution is -1.89. The summed E-state index contributed by atoms with van der Waals surface area (Å²) in [5.41, 5.74) is 7.47. The molecule has 0 bridgehead atoms. The van der Waals surface area contributed by atoms with Crippen LogP contribution in [0, 0.1) is 13.8 Å². The third-order valence-electron chi connectivity index (χ3n) is 3.91. The quantitative estimate of drug-likeness (QED) is 0.457. The monoisotopic (exact) mass is 362 g/mol. The molecule has 0 radical (unpaired) electrons. The second kappa shape index (κ2) is 6.97. The van der Waals surface area contributed by atoms with Crippen molar-refractivity contribution in [3.63, 3.8) is 0 Å². The van der Waals surface area contributed by atoms with Gasteiger partial charge in [-0.3, -0.25) is 0 Å². The smallest absolute Gasteiger partial charge is 0.0175 e. The molecule has 0 fully saturated rings. The largest absolute Gasteiger partial charge is 0.0587 e. The molecule has 1 heteroatoms. The zero-order chi connectivity index (χ0) is 16.2. The van der Waals surface area contributed by atoms with Crippen molar-refractivity contribution >= 4 is 27.6 Å². The van der Waals surface area contributed by atoms with Gasteiger partial charge >= 0.3 is 0 Å². The highest BCUT2D eigenvalue weighted by Crippen LogP contribution is 2.27. The van der Waals surface area contributed by atoms with E-state index < -0.39 is 0 Å². The summed E-state index contributed by atoms with van der Waals surface area (Å²) >= 11 is 3.52. The summed E-state index contributed by atoms with van der Waals surface area (Å²) in [6, 6.07) is 25.8. The minimum absolute atomic E-state index is 1.10. The van der Waals surface area contributed by atoms with Gasteiger partial charge in [-0.05, 0) is 54.3 Å². The normalized spacial score (nSPS) is 11.5. The number of hydrogen-bond acceptors (Lipinski definition) is 0. The molecule has 0 unspecified atom stereocenters. The maximum absolute atomic E-state index is 3.52. The fourth-order valence-corrected chi connectivity index (χ4v) is 2.79. The lowest BCUT2D eigenvalue weighted by Gasteiger charge is -2.10. The summed E-state index contributed by atoms with van der Waals surface area (Å²) in [5, 5.41) is 0. The van der Waals surface area contributed by atoms with Crippen LogP contribution in [-0.2, 0) is 0 Å². The fourth-order valence-electron chi connectivity index (χ4n) is 2.53. The molecule has 0 spiro atoms. The SMILES string of the molecule is Cc1ccc(/C=C(/c2ccc(C)cc2)c2ccc(Br)cc2)cc1. The Balaban J connectivity index is 2.10. The molecule has 3 aromatic carbocycles. The van der Waals surface area contributed by atoms with Gasteiger partial charge < -0.3 is 0 Å². The van der Waals surface area contributed by atoms with Crippen LogP contribution < -0.4 is 0 Å². The van der Waals surface area contributed by atoms with Crippen molar-refractivity contribution in [3.8, 4) is 0 Å². The van der Waals surface area contributed by atoms with E-state index in [0.29, 0.717) is 0 Å². The minimum Gasteiger partial charge on any atom is -0.0587 e. The van der Waals surface area contributed by atoms with Crippen molar-refractivity contribution in [2.45, 2.75) is 13.8 Å². The van der Waals surface area contributed by atoms with E-state index in [1.807, 2.05) is 0 Å². The first-order chi connectivity index (χ1) is 11.1. The maximum Gasteiger partial charge on any atom is 0.0175 e. The van der Waals surface area contributed by atoms with Crippen molar-refractivity contribution in [2.75, 3.05) is 0 Å². The molecular weight excluding hydrogens is 344 g/mol. The number of benzene rings is 3. The highest BCUT2D eigenvalue weighted by molar-refractivity contribution is 9.10. The Hall–Kier alpha value is -2.12. The molecule has 0 heterocycles. The summed E-state index contributed by atoms with van der Waals surface area (Å²) in [6.45, 7) is 4.23. The number of rotatable bonds is 3. The number of aryl methyl sites for hydroxylation is 2. The maximum atomic E-state index is 3.52. The van der Waals surface area contributed by atoms with Crippen LogP contribution in [0.15, 0.2) is 77.3 Å². The first kappa shape index (κ1) is 15.8. The Morgan fingerprint density at radius 3 is 1.61 bits per heavy atom. The van der Waals surface area contributed by atoms with Crippen molar-refractivity contribution in [3.05, 3.63) is 105 Å². The molecule has 0 aliphatic carbocycles. The van der Waals surface area contributed by atoms with Gasteiger partial charge in [0, 0.05) is 4.47 Å². The van der Waals surface area contributed by atoms with Crippen LogP contribution >= 0.6 is 15.9 Å². The Kier molecular flexibility index (Phi) is 4.78. The average molecular weight is 363 g/mol. The summed E-state index contributed by atoms with van der Waals surface area (Å²) in [6.07, 6.45) is 2.26. The molecule has 114 valence electrons. The minimum atomic E-state index is 1.10. The van der Waals surface area contributed by atoms with E-state index in [4.69, 9.17) is 0 Å². The highest BCUT2D eigenvalue weighted by Gasteiger charge is 2.05. The van der Waals surface area contributed by atoms with E-state index in [1.165, 1.54) is 33.4 Å². The van der Waals surface area contributed by atoms with Crippen LogP contribution in [0.25, 0.3) is 11.6 Å². The first-order valence-electron chi connectivity index (χ1n) is 7.73. The fraction of sp³-hybridized carbons (Fsp3) is 0.0909. The Labute approximate surface area is 146 Å². The van der Waals surface area contributed by atoms with Gasteiger partial charge in [-0.15, -0.1) is 0 Å². The molecule has 0 N–H and O–H groups in total. The first-order valence-corrected chi connectivity index (χ1v) is 8.52. The van der Waals surface area contributed by atoms with Gasteiger partial charge in [0.05, 0.1) is 0 Å². The molecular formula is C22H19Br. The van der Waals surface area contributed by atoms with Crippen LogP contribution in [0.3, 0.4) is 0 Å².